The standard InChI is InChI=1S/C11H12O2/c1-3-10-9(7-8(2)12)5-4-6-11(10)13/h3-7,12-13H,2H2,1H3/b9-7-,10-3+. The molecular formula is C11H12O2. The van der Waals surface area contributed by atoms with Gasteiger partial charge in [-0.2, -0.15) is 0 Å². The van der Waals surface area contributed by atoms with Gasteiger partial charge in [0, 0.05) is 5.22 Å². The lowest BCUT2D eigenvalue weighted by Gasteiger charge is -1.94. The van der Waals surface area contributed by atoms with Crippen molar-refractivity contribution in [3.8, 4) is 5.75 Å². The van der Waals surface area contributed by atoms with Crippen LogP contribution in [0.1, 0.15) is 6.92 Å². The molecule has 2 N–H and O–H groups in total. The molecule has 0 atom stereocenters. The number of allylic oxidation sites excluding steroid dienone is 1. The lowest BCUT2D eigenvalue weighted by molar-refractivity contribution is 0.444. The largest absolute Gasteiger partial charge is 0.509 e. The van der Waals surface area contributed by atoms with Crippen LogP contribution in [-0.4, -0.2) is 10.2 Å². The number of hydrogen-bond acceptors (Lipinski definition) is 2. The highest BCUT2D eigenvalue weighted by atomic mass is 16.3. The maximum atomic E-state index is 9.44. The molecule has 0 unspecified atom stereocenters. The van der Waals surface area contributed by atoms with Crippen LogP contribution in [0.3, 0.4) is 0 Å². The summed E-state index contributed by atoms with van der Waals surface area (Å²) >= 11 is 0. The van der Waals surface area contributed by atoms with E-state index in [0.29, 0.717) is 5.22 Å². The van der Waals surface area contributed by atoms with Crippen molar-refractivity contribution in [3.05, 3.63) is 41.0 Å². The van der Waals surface area contributed by atoms with Crippen LogP contribution in [0.2, 0.25) is 0 Å². The first-order valence-electron chi connectivity index (χ1n) is 3.99. The second-order valence-electron chi connectivity index (χ2n) is 2.70. The summed E-state index contributed by atoms with van der Waals surface area (Å²) in [6.07, 6.45) is 3.29. The van der Waals surface area contributed by atoms with Gasteiger partial charge in [-0.1, -0.05) is 24.8 Å². The van der Waals surface area contributed by atoms with Crippen molar-refractivity contribution in [1.82, 2.24) is 0 Å². The lowest BCUT2D eigenvalue weighted by atomic mass is 10.2. The van der Waals surface area contributed by atoms with Crippen molar-refractivity contribution < 1.29 is 10.2 Å². The molecule has 0 bridgehead atoms. The number of aliphatic hydroxyl groups excluding tert-OH is 1. The van der Waals surface area contributed by atoms with Gasteiger partial charge < -0.3 is 10.2 Å². The molecule has 0 spiro atoms. The number of rotatable bonds is 1. The molecule has 0 heterocycles. The third-order valence-electron chi connectivity index (χ3n) is 1.73. The number of benzene rings is 1. The summed E-state index contributed by atoms with van der Waals surface area (Å²) in [4.78, 5) is 0. The van der Waals surface area contributed by atoms with E-state index in [-0.39, 0.29) is 11.5 Å². The predicted molar refractivity (Wildman–Crippen MR) is 53.7 cm³/mol. The van der Waals surface area contributed by atoms with Gasteiger partial charge >= 0.3 is 0 Å². The molecular weight excluding hydrogens is 164 g/mol. The Bertz CT molecular complexity index is 430. The van der Waals surface area contributed by atoms with Gasteiger partial charge in [-0.05, 0) is 24.3 Å². The van der Waals surface area contributed by atoms with E-state index in [9.17, 15) is 5.11 Å². The highest BCUT2D eigenvalue weighted by Gasteiger charge is 1.91. The zero-order chi connectivity index (χ0) is 9.84. The normalized spacial score (nSPS) is 13.3. The third kappa shape index (κ3) is 2.12. The number of hydrogen-bond donors (Lipinski definition) is 2. The van der Waals surface area contributed by atoms with Gasteiger partial charge in [0.1, 0.15) is 11.5 Å². The maximum Gasteiger partial charge on any atom is 0.123 e. The van der Waals surface area contributed by atoms with Gasteiger partial charge in [0.2, 0.25) is 0 Å². The first-order chi connectivity index (χ1) is 6.15. The van der Waals surface area contributed by atoms with Gasteiger partial charge in [-0.15, -0.1) is 0 Å². The average molecular weight is 176 g/mol. The number of aliphatic hydroxyl groups is 1. The molecule has 0 saturated heterocycles. The second kappa shape index (κ2) is 3.81. The molecule has 0 amide bonds. The summed E-state index contributed by atoms with van der Waals surface area (Å²) in [7, 11) is 0. The highest BCUT2D eigenvalue weighted by molar-refractivity contribution is 5.44. The Labute approximate surface area is 76.8 Å². The van der Waals surface area contributed by atoms with Crippen LogP contribution in [0.4, 0.5) is 0 Å². The quantitative estimate of drug-likeness (QED) is 0.628. The Balaban J connectivity index is 3.57. The van der Waals surface area contributed by atoms with Gasteiger partial charge in [0.15, 0.2) is 0 Å². The number of phenols is 1. The fourth-order valence-corrected chi connectivity index (χ4v) is 1.19. The summed E-state index contributed by atoms with van der Waals surface area (Å²) in [5.41, 5.74) is 0. The zero-order valence-corrected chi connectivity index (χ0v) is 7.49. The molecule has 0 fully saturated rings. The Kier molecular flexibility index (Phi) is 2.75. The van der Waals surface area contributed by atoms with Crippen LogP contribution in [0, 0.1) is 0 Å². The van der Waals surface area contributed by atoms with E-state index in [1.165, 1.54) is 6.08 Å². The second-order valence-corrected chi connectivity index (χ2v) is 2.70. The number of phenolic OH excluding ortho intramolecular Hbond substituents is 1. The Morgan fingerprint density at radius 1 is 1.46 bits per heavy atom. The van der Waals surface area contributed by atoms with Crippen LogP contribution in [-0.2, 0) is 0 Å². The van der Waals surface area contributed by atoms with E-state index in [2.05, 4.69) is 6.58 Å². The SMILES string of the molecule is C=C(O)/C=c1/cccc(O)/c1=C/C. The average Bonchev–Trinajstić information content (AvgIpc) is 2.03. The fraction of sp³-hybridized carbons (Fsp3) is 0.0909. The van der Waals surface area contributed by atoms with Gasteiger partial charge in [-0.3, -0.25) is 0 Å². The summed E-state index contributed by atoms with van der Waals surface area (Å²) < 4.78 is 0. The molecule has 0 aliphatic rings. The van der Waals surface area contributed by atoms with E-state index in [1.807, 2.05) is 6.92 Å². The smallest absolute Gasteiger partial charge is 0.123 e. The van der Waals surface area contributed by atoms with Crippen LogP contribution in [0.15, 0.2) is 30.5 Å². The maximum absolute atomic E-state index is 9.44. The Morgan fingerprint density at radius 3 is 2.69 bits per heavy atom. The summed E-state index contributed by atoms with van der Waals surface area (Å²) in [5.74, 6) is 0.186. The minimum Gasteiger partial charge on any atom is -0.509 e. The Hall–Kier alpha value is -1.70. The van der Waals surface area contributed by atoms with Gasteiger partial charge in [0.25, 0.3) is 0 Å². The van der Waals surface area contributed by atoms with E-state index in [1.54, 1.807) is 24.3 Å². The molecule has 1 aromatic rings. The summed E-state index contributed by atoms with van der Waals surface area (Å²) in [6, 6.07) is 5.13. The molecule has 2 heteroatoms. The van der Waals surface area contributed by atoms with Gasteiger partial charge in [-0.25, -0.2) is 0 Å². The van der Waals surface area contributed by atoms with Crippen LogP contribution in [0.25, 0.3) is 12.2 Å². The van der Waals surface area contributed by atoms with E-state index in [4.69, 9.17) is 5.11 Å². The topological polar surface area (TPSA) is 40.5 Å². The van der Waals surface area contributed by atoms with Gasteiger partial charge in [0.05, 0.1) is 0 Å². The molecule has 1 aromatic carbocycles. The lowest BCUT2D eigenvalue weighted by Crippen LogP contribution is -2.24. The first-order valence-corrected chi connectivity index (χ1v) is 3.99. The zero-order valence-electron chi connectivity index (χ0n) is 7.49. The summed E-state index contributed by atoms with van der Waals surface area (Å²) in [6.45, 7) is 5.19. The molecule has 0 radical (unpaired) electrons. The van der Waals surface area contributed by atoms with Crippen molar-refractivity contribution in [2.24, 2.45) is 0 Å². The molecule has 0 saturated carbocycles. The van der Waals surface area contributed by atoms with E-state index < -0.39 is 0 Å². The molecule has 68 valence electrons. The molecule has 2 nitrogen and oxygen atoms in total. The Morgan fingerprint density at radius 2 is 2.15 bits per heavy atom. The van der Waals surface area contributed by atoms with Crippen molar-refractivity contribution in [2.45, 2.75) is 6.92 Å². The van der Waals surface area contributed by atoms with Crippen molar-refractivity contribution >= 4 is 12.2 Å². The highest BCUT2D eigenvalue weighted by Crippen LogP contribution is 1.94. The van der Waals surface area contributed by atoms with E-state index >= 15 is 0 Å². The van der Waals surface area contributed by atoms with Crippen LogP contribution < -0.4 is 10.4 Å². The van der Waals surface area contributed by atoms with Crippen molar-refractivity contribution in [2.75, 3.05) is 0 Å². The number of aromatic hydroxyl groups is 1. The molecule has 0 aromatic heterocycles. The molecule has 0 aliphatic heterocycles. The van der Waals surface area contributed by atoms with Crippen molar-refractivity contribution in [3.63, 3.8) is 0 Å². The summed E-state index contributed by atoms with van der Waals surface area (Å²) in [5, 5.41) is 19.9. The first kappa shape index (κ1) is 9.39. The van der Waals surface area contributed by atoms with Crippen LogP contribution in [0.5, 0.6) is 5.75 Å². The predicted octanol–water partition coefficient (Wildman–Crippen LogP) is 1.04. The minimum absolute atomic E-state index is 0.0197. The molecule has 1 rings (SSSR count). The van der Waals surface area contributed by atoms with Crippen molar-refractivity contribution in [1.29, 1.82) is 0 Å². The monoisotopic (exact) mass is 176 g/mol. The van der Waals surface area contributed by atoms with E-state index in [0.717, 1.165) is 5.22 Å². The third-order valence-corrected chi connectivity index (χ3v) is 1.73. The minimum atomic E-state index is -0.0197. The molecule has 13 heavy (non-hydrogen) atoms. The fourth-order valence-electron chi connectivity index (χ4n) is 1.19. The molecule has 0 aliphatic carbocycles. The van der Waals surface area contributed by atoms with Crippen LogP contribution >= 0.6 is 0 Å².